The number of nitrogens with one attached hydrogen (secondary N) is 1. The Bertz CT molecular complexity index is 1950. The van der Waals surface area contributed by atoms with Crippen molar-refractivity contribution < 1.29 is 22.8 Å². The fourth-order valence-electron chi connectivity index (χ4n) is 5.99. The lowest BCUT2D eigenvalue weighted by molar-refractivity contribution is 0.0935. The Kier molecular flexibility index (Phi) is 7.23. The van der Waals surface area contributed by atoms with Crippen LogP contribution in [0.4, 0.5) is 13.2 Å². The van der Waals surface area contributed by atoms with Crippen LogP contribution in [0.5, 0.6) is 0 Å². The van der Waals surface area contributed by atoms with Crippen molar-refractivity contribution in [2.75, 3.05) is 0 Å². The Morgan fingerprint density at radius 3 is 2.39 bits per heavy atom. The number of halogens is 3. The third-order valence-corrected chi connectivity index (χ3v) is 7.90. The first-order chi connectivity index (χ1) is 20.9. The van der Waals surface area contributed by atoms with Gasteiger partial charge in [-0.05, 0) is 72.4 Å². The van der Waals surface area contributed by atoms with E-state index in [9.17, 15) is 22.8 Å². The molecule has 0 unspecified atom stereocenters. The summed E-state index contributed by atoms with van der Waals surface area (Å²) in [6, 6.07) is 15.2. The molecule has 3 heterocycles. The molecule has 10 heteroatoms. The van der Waals surface area contributed by atoms with E-state index in [0.717, 1.165) is 17.7 Å². The molecule has 2 aromatic heterocycles. The highest BCUT2D eigenvalue weighted by Gasteiger charge is 2.44. The molecule has 0 saturated carbocycles. The largest absolute Gasteiger partial charge is 0.366 e. The van der Waals surface area contributed by atoms with E-state index in [1.165, 1.54) is 18.2 Å². The van der Waals surface area contributed by atoms with Gasteiger partial charge in [-0.2, -0.15) is 5.10 Å². The number of primary amides is 1. The maximum absolute atomic E-state index is 13.8. The number of carbonyl (C=O) groups excluding carboxylic acids is 2. The number of hydrogen-bond acceptors (Lipinski definition) is 4. The standard InChI is InChI=1S/C34H30F3N5O2/c1-18(2)12-27-29(32(38)43)28(30-31(39-27)34(3,40-33(30)44)15-19-4-8-23(35)9-5-19)21-7-11-26-22(14-21)17-42(41-26)16-20-6-10-24(36)25(37)13-20/h4-11,13-14,17-18H,12,15-16H2,1-3H3,(H2,38,43)(H,40,44)/t34-/m0/s1. The lowest BCUT2D eigenvalue weighted by atomic mass is 9.84. The highest BCUT2D eigenvalue weighted by Crippen LogP contribution is 2.41. The maximum atomic E-state index is 13.8. The van der Waals surface area contributed by atoms with Gasteiger partial charge in [0.1, 0.15) is 5.82 Å². The SMILES string of the molecule is CC(C)Cc1nc2c(c(-c3ccc4nn(Cc5ccc(F)c(F)c5)cc4c3)c1C(N)=O)C(=O)N[C@@]2(C)Cc1ccc(F)cc1. The average Bonchev–Trinajstić information content (AvgIpc) is 3.47. The molecule has 1 aliphatic rings. The zero-order valence-corrected chi connectivity index (χ0v) is 24.4. The van der Waals surface area contributed by atoms with Crippen molar-refractivity contribution in [3.8, 4) is 11.1 Å². The number of nitrogens with zero attached hydrogens (tertiary/aromatic N) is 3. The minimum atomic E-state index is -0.936. The third-order valence-electron chi connectivity index (χ3n) is 7.90. The topological polar surface area (TPSA) is 103 Å². The third kappa shape index (κ3) is 5.32. The van der Waals surface area contributed by atoms with Crippen LogP contribution in [0.3, 0.4) is 0 Å². The van der Waals surface area contributed by atoms with E-state index < -0.39 is 23.1 Å². The first-order valence-corrected chi connectivity index (χ1v) is 14.3. The minimum Gasteiger partial charge on any atom is -0.366 e. The van der Waals surface area contributed by atoms with Crippen molar-refractivity contribution in [3.63, 3.8) is 0 Å². The molecule has 0 bridgehead atoms. The molecule has 0 aliphatic carbocycles. The summed E-state index contributed by atoms with van der Waals surface area (Å²) in [5.41, 5.74) is 9.46. The number of hydrogen-bond donors (Lipinski definition) is 2. The quantitative estimate of drug-likeness (QED) is 0.227. The van der Waals surface area contributed by atoms with Gasteiger partial charge in [-0.3, -0.25) is 19.3 Å². The first-order valence-electron chi connectivity index (χ1n) is 14.3. The van der Waals surface area contributed by atoms with Crippen molar-refractivity contribution in [1.29, 1.82) is 0 Å². The Morgan fingerprint density at radius 2 is 1.70 bits per heavy atom. The van der Waals surface area contributed by atoms with E-state index in [2.05, 4.69) is 10.4 Å². The van der Waals surface area contributed by atoms with E-state index in [4.69, 9.17) is 10.7 Å². The van der Waals surface area contributed by atoms with E-state index in [1.807, 2.05) is 26.8 Å². The van der Waals surface area contributed by atoms with E-state index in [1.54, 1.807) is 35.1 Å². The van der Waals surface area contributed by atoms with Crippen LogP contribution in [0.25, 0.3) is 22.0 Å². The summed E-state index contributed by atoms with van der Waals surface area (Å²) in [6.07, 6.45) is 2.57. The van der Waals surface area contributed by atoms with E-state index in [-0.39, 0.29) is 35.3 Å². The molecule has 44 heavy (non-hydrogen) atoms. The molecule has 1 atom stereocenters. The molecule has 6 rings (SSSR count). The van der Waals surface area contributed by atoms with Crippen molar-refractivity contribution in [3.05, 3.63) is 118 Å². The van der Waals surface area contributed by atoms with Crippen LogP contribution in [0.2, 0.25) is 0 Å². The number of amides is 2. The van der Waals surface area contributed by atoms with Gasteiger partial charge >= 0.3 is 0 Å². The monoisotopic (exact) mass is 597 g/mol. The molecule has 0 fully saturated rings. The number of carbonyl (C=O) groups is 2. The van der Waals surface area contributed by atoms with Gasteiger partial charge in [0.15, 0.2) is 11.6 Å². The molecule has 1 aliphatic heterocycles. The van der Waals surface area contributed by atoms with Gasteiger partial charge in [0, 0.05) is 23.6 Å². The Labute approximate surface area is 251 Å². The van der Waals surface area contributed by atoms with Crippen molar-refractivity contribution in [2.24, 2.45) is 11.7 Å². The molecule has 3 aromatic carbocycles. The molecule has 2 amide bonds. The number of rotatable bonds is 8. The number of aromatic nitrogens is 3. The summed E-state index contributed by atoms with van der Waals surface area (Å²) < 4.78 is 42.4. The first kappa shape index (κ1) is 29.1. The Balaban J connectivity index is 1.50. The number of benzene rings is 3. The van der Waals surface area contributed by atoms with Crippen molar-refractivity contribution >= 4 is 22.7 Å². The van der Waals surface area contributed by atoms with Crippen LogP contribution < -0.4 is 11.1 Å². The number of pyridine rings is 1. The molecule has 0 spiro atoms. The molecular formula is C34H30F3N5O2. The highest BCUT2D eigenvalue weighted by atomic mass is 19.2. The fraction of sp³-hybridized carbons (Fsp3) is 0.235. The predicted molar refractivity (Wildman–Crippen MR) is 160 cm³/mol. The molecular weight excluding hydrogens is 567 g/mol. The van der Waals surface area contributed by atoms with Gasteiger partial charge in [-0.25, -0.2) is 13.2 Å². The van der Waals surface area contributed by atoms with Crippen LogP contribution >= 0.6 is 0 Å². The zero-order chi connectivity index (χ0) is 31.3. The van der Waals surface area contributed by atoms with Gasteiger partial charge in [-0.1, -0.05) is 38.1 Å². The smallest absolute Gasteiger partial charge is 0.254 e. The summed E-state index contributed by atoms with van der Waals surface area (Å²) in [5.74, 6) is -3.16. The number of nitrogens with two attached hydrogens (primary N) is 1. The predicted octanol–water partition coefficient (Wildman–Crippen LogP) is 6.06. The lowest BCUT2D eigenvalue weighted by Crippen LogP contribution is -2.39. The van der Waals surface area contributed by atoms with Crippen LogP contribution in [-0.2, 0) is 24.9 Å². The van der Waals surface area contributed by atoms with E-state index >= 15 is 0 Å². The minimum absolute atomic E-state index is 0.136. The van der Waals surface area contributed by atoms with Gasteiger partial charge < -0.3 is 11.1 Å². The second-order valence-corrected chi connectivity index (χ2v) is 11.9. The summed E-state index contributed by atoms with van der Waals surface area (Å²) in [7, 11) is 0. The van der Waals surface area contributed by atoms with Gasteiger partial charge in [0.05, 0.1) is 40.1 Å². The summed E-state index contributed by atoms with van der Waals surface area (Å²) in [5, 5.41) is 8.35. The lowest BCUT2D eigenvalue weighted by Gasteiger charge is -2.26. The van der Waals surface area contributed by atoms with Gasteiger partial charge in [-0.15, -0.1) is 0 Å². The van der Waals surface area contributed by atoms with Gasteiger partial charge in [0.25, 0.3) is 11.8 Å². The molecule has 7 nitrogen and oxygen atoms in total. The van der Waals surface area contributed by atoms with Crippen LogP contribution in [0, 0.1) is 23.4 Å². The second-order valence-electron chi connectivity index (χ2n) is 11.9. The van der Waals surface area contributed by atoms with Crippen LogP contribution in [0.15, 0.2) is 66.9 Å². The highest BCUT2D eigenvalue weighted by molar-refractivity contribution is 6.12. The molecule has 3 N–H and O–H groups in total. The summed E-state index contributed by atoms with van der Waals surface area (Å²) >= 11 is 0. The second kappa shape index (κ2) is 10.9. The summed E-state index contributed by atoms with van der Waals surface area (Å²) in [6.45, 7) is 6.09. The molecule has 0 radical (unpaired) electrons. The molecule has 0 saturated heterocycles. The van der Waals surface area contributed by atoms with Crippen LogP contribution in [-0.4, -0.2) is 26.6 Å². The van der Waals surface area contributed by atoms with Gasteiger partial charge in [0.2, 0.25) is 0 Å². The fourth-order valence-corrected chi connectivity index (χ4v) is 5.99. The maximum Gasteiger partial charge on any atom is 0.254 e. The Hall–Kier alpha value is -4.99. The van der Waals surface area contributed by atoms with Crippen LogP contribution in [0.1, 0.15) is 64.0 Å². The summed E-state index contributed by atoms with van der Waals surface area (Å²) in [4.78, 5) is 31.7. The van der Waals surface area contributed by atoms with Crippen molar-refractivity contribution in [1.82, 2.24) is 20.1 Å². The van der Waals surface area contributed by atoms with Crippen molar-refractivity contribution in [2.45, 2.75) is 45.7 Å². The Morgan fingerprint density at radius 1 is 0.977 bits per heavy atom. The zero-order valence-electron chi connectivity index (χ0n) is 24.4. The normalized spacial score (nSPS) is 16.0. The van der Waals surface area contributed by atoms with E-state index in [0.29, 0.717) is 51.8 Å². The molecule has 5 aromatic rings. The average molecular weight is 598 g/mol. The molecule has 224 valence electrons. The number of fused-ring (bicyclic) bond motifs is 2.